The summed E-state index contributed by atoms with van der Waals surface area (Å²) in [5.74, 6) is 0. The number of rotatable bonds is 7. The van der Waals surface area contributed by atoms with Gasteiger partial charge in [-0.2, -0.15) is 0 Å². The highest BCUT2D eigenvalue weighted by Gasteiger charge is 2.17. The molecule has 2 unspecified atom stereocenters. The molecule has 1 fully saturated rings. The lowest BCUT2D eigenvalue weighted by Gasteiger charge is -2.18. The van der Waals surface area contributed by atoms with Crippen LogP contribution in [0.5, 0.6) is 0 Å². The second kappa shape index (κ2) is 7.02. The van der Waals surface area contributed by atoms with Gasteiger partial charge in [-0.15, -0.1) is 0 Å². The minimum atomic E-state index is 0.524. The van der Waals surface area contributed by atoms with Crippen molar-refractivity contribution in [3.63, 3.8) is 0 Å². The van der Waals surface area contributed by atoms with Crippen molar-refractivity contribution in [3.8, 4) is 0 Å². The van der Waals surface area contributed by atoms with Crippen LogP contribution in [0.4, 0.5) is 0 Å². The highest BCUT2D eigenvalue weighted by atomic mass is 16.5. The van der Waals surface area contributed by atoms with Crippen molar-refractivity contribution in [3.05, 3.63) is 12.2 Å². The van der Waals surface area contributed by atoms with Crippen LogP contribution < -0.4 is 5.32 Å². The van der Waals surface area contributed by atoms with Crippen molar-refractivity contribution >= 4 is 0 Å². The highest BCUT2D eigenvalue weighted by Crippen LogP contribution is 2.19. The Bertz CT molecular complexity index is 185. The summed E-state index contributed by atoms with van der Waals surface area (Å²) in [7, 11) is 2.04. The zero-order valence-corrected chi connectivity index (χ0v) is 10.2. The SMILES string of the molecule is C=C(CC)CC(CCC1CCCO1)NC. The van der Waals surface area contributed by atoms with E-state index in [0.717, 1.165) is 19.4 Å². The Labute approximate surface area is 94.1 Å². The monoisotopic (exact) mass is 211 g/mol. The van der Waals surface area contributed by atoms with Crippen LogP contribution in [-0.2, 0) is 4.74 Å². The fourth-order valence-corrected chi connectivity index (χ4v) is 2.10. The predicted octanol–water partition coefficient (Wildman–Crippen LogP) is 2.89. The van der Waals surface area contributed by atoms with E-state index in [0.29, 0.717) is 12.1 Å². The highest BCUT2D eigenvalue weighted by molar-refractivity contribution is 4.96. The maximum atomic E-state index is 5.63. The number of hydrogen-bond acceptors (Lipinski definition) is 2. The van der Waals surface area contributed by atoms with Gasteiger partial charge in [-0.1, -0.05) is 19.1 Å². The standard InChI is InChI=1S/C13H25NO/c1-4-11(2)10-12(14-3)7-8-13-6-5-9-15-13/h12-14H,2,4-10H2,1,3H3. The molecule has 1 aliphatic heterocycles. The second-order valence-corrected chi connectivity index (χ2v) is 4.51. The van der Waals surface area contributed by atoms with Gasteiger partial charge in [0.2, 0.25) is 0 Å². The summed E-state index contributed by atoms with van der Waals surface area (Å²) >= 11 is 0. The van der Waals surface area contributed by atoms with E-state index in [1.54, 1.807) is 0 Å². The van der Waals surface area contributed by atoms with Gasteiger partial charge < -0.3 is 10.1 Å². The molecule has 2 heteroatoms. The van der Waals surface area contributed by atoms with E-state index in [-0.39, 0.29) is 0 Å². The molecule has 0 aromatic heterocycles. The molecule has 0 radical (unpaired) electrons. The Morgan fingerprint density at radius 3 is 2.93 bits per heavy atom. The van der Waals surface area contributed by atoms with E-state index in [9.17, 15) is 0 Å². The van der Waals surface area contributed by atoms with Crippen LogP contribution in [0.15, 0.2) is 12.2 Å². The molecule has 0 saturated carbocycles. The van der Waals surface area contributed by atoms with E-state index >= 15 is 0 Å². The Morgan fingerprint density at radius 1 is 1.60 bits per heavy atom. The Hall–Kier alpha value is -0.340. The van der Waals surface area contributed by atoms with Crippen molar-refractivity contribution in [1.82, 2.24) is 5.32 Å². The van der Waals surface area contributed by atoms with Gasteiger partial charge in [0.1, 0.15) is 0 Å². The van der Waals surface area contributed by atoms with E-state index < -0.39 is 0 Å². The van der Waals surface area contributed by atoms with Crippen molar-refractivity contribution < 1.29 is 4.74 Å². The summed E-state index contributed by atoms with van der Waals surface area (Å²) in [4.78, 5) is 0. The predicted molar refractivity (Wildman–Crippen MR) is 65.1 cm³/mol. The first-order chi connectivity index (χ1) is 7.26. The average Bonchev–Trinajstić information content (AvgIpc) is 2.76. The first-order valence-electron chi connectivity index (χ1n) is 6.21. The molecule has 0 aromatic carbocycles. The maximum Gasteiger partial charge on any atom is 0.0576 e. The number of hydrogen-bond donors (Lipinski definition) is 1. The van der Waals surface area contributed by atoms with E-state index in [1.807, 2.05) is 7.05 Å². The third-order valence-electron chi connectivity index (χ3n) is 3.30. The van der Waals surface area contributed by atoms with Crippen molar-refractivity contribution in [2.24, 2.45) is 0 Å². The van der Waals surface area contributed by atoms with Gasteiger partial charge in [-0.3, -0.25) is 0 Å². The van der Waals surface area contributed by atoms with Crippen molar-refractivity contribution in [2.75, 3.05) is 13.7 Å². The summed E-state index contributed by atoms with van der Waals surface area (Å²) < 4.78 is 5.63. The first kappa shape index (κ1) is 12.7. The summed E-state index contributed by atoms with van der Waals surface area (Å²) in [6.07, 6.45) is 7.64. The van der Waals surface area contributed by atoms with Gasteiger partial charge in [0, 0.05) is 12.6 Å². The summed E-state index contributed by atoms with van der Waals surface area (Å²) in [5, 5.41) is 3.37. The fourth-order valence-electron chi connectivity index (χ4n) is 2.10. The minimum Gasteiger partial charge on any atom is -0.378 e. The van der Waals surface area contributed by atoms with Crippen molar-refractivity contribution in [1.29, 1.82) is 0 Å². The van der Waals surface area contributed by atoms with Crippen LogP contribution in [0.25, 0.3) is 0 Å². The van der Waals surface area contributed by atoms with E-state index in [4.69, 9.17) is 4.74 Å². The third-order valence-corrected chi connectivity index (χ3v) is 3.30. The van der Waals surface area contributed by atoms with Gasteiger partial charge in [0.25, 0.3) is 0 Å². The van der Waals surface area contributed by atoms with Gasteiger partial charge in [0.05, 0.1) is 6.10 Å². The molecular weight excluding hydrogens is 186 g/mol. The normalized spacial score (nSPS) is 22.9. The zero-order valence-electron chi connectivity index (χ0n) is 10.2. The van der Waals surface area contributed by atoms with Gasteiger partial charge in [-0.05, 0) is 45.6 Å². The first-order valence-corrected chi connectivity index (χ1v) is 6.21. The maximum absolute atomic E-state index is 5.63. The molecule has 1 rings (SSSR count). The molecule has 0 spiro atoms. The molecule has 88 valence electrons. The Kier molecular flexibility index (Phi) is 5.96. The number of ether oxygens (including phenoxy) is 1. The molecule has 0 amide bonds. The molecule has 2 atom stereocenters. The van der Waals surface area contributed by atoms with Gasteiger partial charge in [0.15, 0.2) is 0 Å². The minimum absolute atomic E-state index is 0.524. The Morgan fingerprint density at radius 2 is 2.40 bits per heavy atom. The van der Waals surface area contributed by atoms with Crippen molar-refractivity contribution in [2.45, 2.75) is 57.6 Å². The topological polar surface area (TPSA) is 21.3 Å². The molecule has 0 aliphatic carbocycles. The van der Waals surface area contributed by atoms with Crippen LogP contribution in [0.2, 0.25) is 0 Å². The largest absolute Gasteiger partial charge is 0.378 e. The smallest absolute Gasteiger partial charge is 0.0576 e. The van der Waals surface area contributed by atoms with Gasteiger partial charge in [-0.25, -0.2) is 0 Å². The second-order valence-electron chi connectivity index (χ2n) is 4.51. The lowest BCUT2D eigenvalue weighted by Crippen LogP contribution is -2.26. The fraction of sp³-hybridized carbons (Fsp3) is 0.846. The summed E-state index contributed by atoms with van der Waals surface area (Å²) in [6.45, 7) is 7.21. The molecule has 1 aliphatic rings. The molecule has 15 heavy (non-hydrogen) atoms. The average molecular weight is 211 g/mol. The molecule has 0 bridgehead atoms. The molecule has 0 aromatic rings. The van der Waals surface area contributed by atoms with E-state index in [2.05, 4.69) is 18.8 Å². The summed E-state index contributed by atoms with van der Waals surface area (Å²) in [6, 6.07) is 0.585. The Balaban J connectivity index is 2.17. The molecular formula is C13H25NO. The van der Waals surface area contributed by atoms with E-state index in [1.165, 1.54) is 31.3 Å². The third kappa shape index (κ3) is 4.80. The lowest BCUT2D eigenvalue weighted by atomic mass is 9.99. The lowest BCUT2D eigenvalue weighted by molar-refractivity contribution is 0.0998. The van der Waals surface area contributed by atoms with Crippen LogP contribution in [0.1, 0.15) is 45.4 Å². The zero-order chi connectivity index (χ0) is 11.1. The molecule has 1 heterocycles. The molecule has 2 nitrogen and oxygen atoms in total. The number of nitrogens with one attached hydrogen (secondary N) is 1. The summed E-state index contributed by atoms with van der Waals surface area (Å²) in [5.41, 5.74) is 1.35. The van der Waals surface area contributed by atoms with Crippen LogP contribution in [-0.4, -0.2) is 25.8 Å². The van der Waals surface area contributed by atoms with Crippen LogP contribution >= 0.6 is 0 Å². The molecule has 1 N–H and O–H groups in total. The molecule has 1 saturated heterocycles. The van der Waals surface area contributed by atoms with Crippen LogP contribution in [0.3, 0.4) is 0 Å². The quantitative estimate of drug-likeness (QED) is 0.654. The van der Waals surface area contributed by atoms with Crippen LogP contribution in [0, 0.1) is 0 Å². The van der Waals surface area contributed by atoms with Gasteiger partial charge >= 0.3 is 0 Å².